The lowest BCUT2D eigenvalue weighted by atomic mass is 10.1. The van der Waals surface area contributed by atoms with Gasteiger partial charge in [0, 0.05) is 6.04 Å². The molecule has 82 valence electrons. The van der Waals surface area contributed by atoms with Gasteiger partial charge in [-0.2, -0.15) is 0 Å². The molecule has 2 rings (SSSR count). The molecule has 15 heavy (non-hydrogen) atoms. The molecule has 0 aliphatic carbocycles. The van der Waals surface area contributed by atoms with Crippen LogP contribution in [0.4, 0.5) is 4.39 Å². The number of fused-ring (bicyclic) bond motifs is 1. The molecule has 0 aromatic heterocycles. The second-order valence-corrected chi connectivity index (χ2v) is 5.58. The van der Waals surface area contributed by atoms with Crippen molar-refractivity contribution in [2.45, 2.75) is 17.9 Å². The Kier molecular flexibility index (Phi) is 2.52. The van der Waals surface area contributed by atoms with E-state index in [1.807, 2.05) is 6.92 Å². The van der Waals surface area contributed by atoms with Crippen LogP contribution < -0.4 is 5.32 Å². The second kappa shape index (κ2) is 3.57. The average Bonchev–Trinajstić information content (AvgIpc) is 2.39. The second-order valence-electron chi connectivity index (χ2n) is 3.57. The molecule has 0 amide bonds. The molecule has 0 saturated heterocycles. The standard InChI is InChI=1S/C10H12FNO2S/c1-2-12-9-6-15(13,14)10-4-3-7(11)5-8(9)10/h3-5,9,12H,2,6H2,1H3. The van der Waals surface area contributed by atoms with Gasteiger partial charge in [-0.05, 0) is 30.3 Å². The quantitative estimate of drug-likeness (QED) is 0.777. The average molecular weight is 229 g/mol. The predicted molar refractivity (Wildman–Crippen MR) is 54.9 cm³/mol. The summed E-state index contributed by atoms with van der Waals surface area (Å²) in [6.45, 7) is 2.56. The zero-order valence-corrected chi connectivity index (χ0v) is 9.14. The van der Waals surface area contributed by atoms with E-state index in [2.05, 4.69) is 5.32 Å². The summed E-state index contributed by atoms with van der Waals surface area (Å²) in [4.78, 5) is 0.259. The van der Waals surface area contributed by atoms with Crippen LogP contribution in [0, 0.1) is 5.82 Å². The zero-order chi connectivity index (χ0) is 11.1. The summed E-state index contributed by atoms with van der Waals surface area (Å²) in [6, 6.07) is 3.56. The Morgan fingerprint density at radius 2 is 2.27 bits per heavy atom. The van der Waals surface area contributed by atoms with Crippen LogP contribution in [-0.4, -0.2) is 20.7 Å². The molecule has 0 spiro atoms. The van der Waals surface area contributed by atoms with Gasteiger partial charge in [0.1, 0.15) is 5.82 Å². The summed E-state index contributed by atoms with van der Waals surface area (Å²) < 4.78 is 36.4. The Bertz CT molecular complexity index is 484. The van der Waals surface area contributed by atoms with Gasteiger partial charge in [0.25, 0.3) is 0 Å². The number of sulfone groups is 1. The number of halogens is 1. The third-order valence-electron chi connectivity index (χ3n) is 2.52. The highest BCUT2D eigenvalue weighted by atomic mass is 32.2. The van der Waals surface area contributed by atoms with Gasteiger partial charge in [0.15, 0.2) is 9.84 Å². The van der Waals surface area contributed by atoms with Crippen molar-refractivity contribution in [3.8, 4) is 0 Å². The Balaban J connectivity index is 2.53. The van der Waals surface area contributed by atoms with Crippen molar-refractivity contribution < 1.29 is 12.8 Å². The molecule has 0 bridgehead atoms. The summed E-state index contributed by atoms with van der Waals surface area (Å²) in [5.41, 5.74) is 0.553. The van der Waals surface area contributed by atoms with Crippen molar-refractivity contribution in [1.29, 1.82) is 0 Å². The summed E-state index contributed by atoms with van der Waals surface area (Å²) in [5.74, 6) is -0.367. The number of hydrogen-bond acceptors (Lipinski definition) is 3. The van der Waals surface area contributed by atoms with E-state index in [0.717, 1.165) is 0 Å². The van der Waals surface area contributed by atoms with Crippen molar-refractivity contribution in [3.63, 3.8) is 0 Å². The van der Waals surface area contributed by atoms with Gasteiger partial charge in [-0.1, -0.05) is 6.92 Å². The fraction of sp³-hybridized carbons (Fsp3) is 0.400. The van der Waals surface area contributed by atoms with Gasteiger partial charge in [-0.3, -0.25) is 0 Å². The molecule has 0 fully saturated rings. The molecule has 1 aliphatic rings. The Labute approximate surface area is 88.2 Å². The normalized spacial score (nSPS) is 22.7. The van der Waals surface area contributed by atoms with Crippen LogP contribution >= 0.6 is 0 Å². The van der Waals surface area contributed by atoms with E-state index < -0.39 is 15.7 Å². The van der Waals surface area contributed by atoms with Gasteiger partial charge >= 0.3 is 0 Å². The minimum Gasteiger partial charge on any atom is -0.309 e. The molecule has 5 heteroatoms. The van der Waals surface area contributed by atoms with Crippen molar-refractivity contribution in [2.24, 2.45) is 0 Å². The van der Waals surface area contributed by atoms with Crippen molar-refractivity contribution in [2.75, 3.05) is 12.3 Å². The lowest BCUT2D eigenvalue weighted by Gasteiger charge is -2.09. The molecular weight excluding hydrogens is 217 g/mol. The molecule has 1 aromatic rings. The van der Waals surface area contributed by atoms with Crippen LogP contribution in [0.15, 0.2) is 23.1 Å². The molecule has 3 nitrogen and oxygen atoms in total. The Hall–Kier alpha value is -0.940. The van der Waals surface area contributed by atoms with E-state index in [4.69, 9.17) is 0 Å². The highest BCUT2D eigenvalue weighted by Gasteiger charge is 2.34. The molecule has 1 N–H and O–H groups in total. The smallest absolute Gasteiger partial charge is 0.180 e. The molecule has 0 saturated carbocycles. The minimum absolute atomic E-state index is 0.0274. The van der Waals surface area contributed by atoms with E-state index >= 15 is 0 Å². The van der Waals surface area contributed by atoms with Crippen LogP contribution in [0.1, 0.15) is 18.5 Å². The zero-order valence-electron chi connectivity index (χ0n) is 8.33. The van der Waals surface area contributed by atoms with Crippen LogP contribution in [-0.2, 0) is 9.84 Å². The predicted octanol–water partition coefficient (Wildman–Crippen LogP) is 1.26. The van der Waals surface area contributed by atoms with Gasteiger partial charge in [0.2, 0.25) is 0 Å². The van der Waals surface area contributed by atoms with Crippen molar-refractivity contribution >= 4 is 9.84 Å². The van der Waals surface area contributed by atoms with Gasteiger partial charge in [-0.25, -0.2) is 12.8 Å². The third-order valence-corrected chi connectivity index (χ3v) is 4.33. The van der Waals surface area contributed by atoms with Crippen molar-refractivity contribution in [3.05, 3.63) is 29.6 Å². The lowest BCUT2D eigenvalue weighted by Crippen LogP contribution is -2.22. The first-order chi connectivity index (χ1) is 7.04. The van der Waals surface area contributed by atoms with Crippen molar-refractivity contribution in [1.82, 2.24) is 5.32 Å². The van der Waals surface area contributed by atoms with Crippen LogP contribution in [0.2, 0.25) is 0 Å². The Morgan fingerprint density at radius 1 is 1.53 bits per heavy atom. The first-order valence-corrected chi connectivity index (χ1v) is 6.45. The van der Waals surface area contributed by atoms with Crippen LogP contribution in [0.25, 0.3) is 0 Å². The molecule has 1 unspecified atom stereocenters. The minimum atomic E-state index is -3.22. The maximum atomic E-state index is 13.0. The fourth-order valence-corrected chi connectivity index (χ4v) is 3.64. The Morgan fingerprint density at radius 3 is 2.93 bits per heavy atom. The first-order valence-electron chi connectivity index (χ1n) is 4.80. The number of nitrogens with one attached hydrogen (secondary N) is 1. The molecule has 0 radical (unpaired) electrons. The third kappa shape index (κ3) is 1.77. The molecule has 1 aliphatic heterocycles. The summed E-state index contributed by atoms with van der Waals surface area (Å²) in [7, 11) is -3.22. The monoisotopic (exact) mass is 229 g/mol. The lowest BCUT2D eigenvalue weighted by molar-refractivity contribution is 0.575. The SMILES string of the molecule is CCNC1CS(=O)(=O)c2ccc(F)cc21. The molecule has 1 aromatic carbocycles. The maximum Gasteiger partial charge on any atom is 0.180 e. The molecular formula is C10H12FNO2S. The van der Waals surface area contributed by atoms with E-state index in [-0.39, 0.29) is 16.7 Å². The largest absolute Gasteiger partial charge is 0.309 e. The van der Waals surface area contributed by atoms with Crippen LogP contribution in [0.3, 0.4) is 0 Å². The van der Waals surface area contributed by atoms with Gasteiger partial charge in [-0.15, -0.1) is 0 Å². The van der Waals surface area contributed by atoms with E-state index in [1.165, 1.54) is 18.2 Å². The van der Waals surface area contributed by atoms with E-state index in [0.29, 0.717) is 12.1 Å². The highest BCUT2D eigenvalue weighted by Crippen LogP contribution is 2.33. The first kappa shape index (κ1) is 10.6. The van der Waals surface area contributed by atoms with E-state index in [1.54, 1.807) is 0 Å². The highest BCUT2D eigenvalue weighted by molar-refractivity contribution is 7.91. The maximum absolute atomic E-state index is 13.0. The number of rotatable bonds is 2. The van der Waals surface area contributed by atoms with Gasteiger partial charge in [0.05, 0.1) is 10.6 Å². The van der Waals surface area contributed by atoms with Gasteiger partial charge < -0.3 is 5.32 Å². The topological polar surface area (TPSA) is 46.2 Å². The number of hydrogen-bond donors (Lipinski definition) is 1. The summed E-state index contributed by atoms with van der Waals surface area (Å²) >= 11 is 0. The van der Waals surface area contributed by atoms with Crippen LogP contribution in [0.5, 0.6) is 0 Å². The molecule has 1 heterocycles. The summed E-state index contributed by atoms with van der Waals surface area (Å²) in [5, 5.41) is 3.04. The fourth-order valence-electron chi connectivity index (χ4n) is 1.89. The number of benzene rings is 1. The molecule has 1 atom stereocenters. The summed E-state index contributed by atoms with van der Waals surface area (Å²) in [6.07, 6.45) is 0. The van der Waals surface area contributed by atoms with E-state index in [9.17, 15) is 12.8 Å².